The summed E-state index contributed by atoms with van der Waals surface area (Å²) in [7, 11) is 0. The highest BCUT2D eigenvalue weighted by molar-refractivity contribution is 7.80. The average molecular weight is 163 g/mol. The number of aliphatic carboxylic acids is 1. The Hall–Kier alpha value is -0.710. The van der Waals surface area contributed by atoms with E-state index in [4.69, 9.17) is 5.11 Å². The fraction of sp³-hybridized carbons (Fsp3) is 0.600. The maximum Gasteiger partial charge on any atom is 0.322 e. The summed E-state index contributed by atoms with van der Waals surface area (Å²) in [6.07, 6.45) is 0.260. The van der Waals surface area contributed by atoms with E-state index in [9.17, 15) is 9.59 Å². The van der Waals surface area contributed by atoms with Crippen LogP contribution in [0, 0.1) is 0 Å². The Labute approximate surface area is 64.0 Å². The smallest absolute Gasteiger partial charge is 0.322 e. The Morgan fingerprint density at radius 1 is 1.50 bits per heavy atom. The average Bonchev–Trinajstić information content (AvgIpc) is 1.85. The van der Waals surface area contributed by atoms with Gasteiger partial charge in [0.25, 0.3) is 0 Å². The first-order valence-corrected chi connectivity index (χ1v) is 3.39. The summed E-state index contributed by atoms with van der Waals surface area (Å²) in [5.41, 5.74) is 0. The highest BCUT2D eigenvalue weighted by Gasteiger charge is 2.00. The molecule has 0 aromatic heterocycles. The Morgan fingerprint density at radius 2 is 2.10 bits per heavy atom. The van der Waals surface area contributed by atoms with Crippen LogP contribution in [0.25, 0.3) is 0 Å². The molecule has 0 bridgehead atoms. The van der Waals surface area contributed by atoms with Gasteiger partial charge in [-0.1, -0.05) is 0 Å². The van der Waals surface area contributed by atoms with Crippen LogP contribution in [-0.2, 0) is 9.59 Å². The second kappa shape index (κ2) is 5.10. The largest absolute Gasteiger partial charge is 0.480 e. The Kier molecular flexibility index (Phi) is 4.74. The molecule has 0 fully saturated rings. The summed E-state index contributed by atoms with van der Waals surface area (Å²) in [6.45, 7) is -0.313. The van der Waals surface area contributed by atoms with Gasteiger partial charge in [0, 0.05) is 6.42 Å². The number of carboxylic acids is 1. The zero-order valence-corrected chi connectivity index (χ0v) is 6.23. The normalized spacial score (nSPS) is 8.90. The summed E-state index contributed by atoms with van der Waals surface area (Å²) < 4.78 is 0. The van der Waals surface area contributed by atoms with Crippen molar-refractivity contribution >= 4 is 24.5 Å². The second-order valence-corrected chi connectivity index (χ2v) is 2.09. The lowest BCUT2D eigenvalue weighted by atomic mass is 10.4. The molecule has 0 rings (SSSR count). The Bertz CT molecular complexity index is 137. The maximum atomic E-state index is 10.5. The number of hydrogen-bond acceptors (Lipinski definition) is 3. The quantitative estimate of drug-likeness (QED) is 0.490. The molecule has 0 aliphatic carbocycles. The molecule has 0 radical (unpaired) electrons. The molecule has 5 heteroatoms. The molecule has 1 amide bonds. The summed E-state index contributed by atoms with van der Waals surface area (Å²) in [5.74, 6) is -0.879. The number of amides is 1. The Morgan fingerprint density at radius 3 is 2.50 bits per heavy atom. The van der Waals surface area contributed by atoms with E-state index in [0.29, 0.717) is 5.75 Å². The van der Waals surface area contributed by atoms with Crippen molar-refractivity contribution in [3.8, 4) is 0 Å². The predicted molar refractivity (Wildman–Crippen MR) is 39.1 cm³/mol. The van der Waals surface area contributed by atoms with Gasteiger partial charge in [0.15, 0.2) is 0 Å². The monoisotopic (exact) mass is 163 g/mol. The van der Waals surface area contributed by atoms with Crippen molar-refractivity contribution < 1.29 is 14.7 Å². The third-order valence-corrected chi connectivity index (χ3v) is 0.999. The van der Waals surface area contributed by atoms with E-state index in [2.05, 4.69) is 17.9 Å². The van der Waals surface area contributed by atoms with Gasteiger partial charge in [-0.05, 0) is 5.75 Å². The first-order valence-electron chi connectivity index (χ1n) is 2.76. The topological polar surface area (TPSA) is 66.4 Å². The fourth-order valence-electron chi connectivity index (χ4n) is 0.364. The molecule has 0 unspecified atom stereocenters. The van der Waals surface area contributed by atoms with Crippen LogP contribution in [0.15, 0.2) is 0 Å². The van der Waals surface area contributed by atoms with Crippen LogP contribution in [0.5, 0.6) is 0 Å². The van der Waals surface area contributed by atoms with E-state index in [0.717, 1.165) is 0 Å². The molecule has 0 aromatic carbocycles. The number of carbonyl (C=O) groups excluding carboxylic acids is 1. The SMILES string of the molecule is O=C(O)CNC(=O)CCS. The van der Waals surface area contributed by atoms with Crippen molar-refractivity contribution in [1.82, 2.24) is 5.32 Å². The van der Waals surface area contributed by atoms with Crippen molar-refractivity contribution in [3.63, 3.8) is 0 Å². The molecule has 0 aliphatic rings. The minimum absolute atomic E-state index is 0.260. The van der Waals surface area contributed by atoms with Gasteiger partial charge in [-0.15, -0.1) is 0 Å². The molecule has 4 nitrogen and oxygen atoms in total. The van der Waals surface area contributed by atoms with Crippen LogP contribution in [0.2, 0.25) is 0 Å². The summed E-state index contributed by atoms with van der Waals surface area (Å²) in [5, 5.41) is 10.3. The first-order chi connectivity index (χ1) is 4.66. The van der Waals surface area contributed by atoms with Crippen molar-refractivity contribution in [2.24, 2.45) is 0 Å². The molecule has 0 saturated heterocycles. The summed E-state index contributed by atoms with van der Waals surface area (Å²) in [4.78, 5) is 20.4. The molecular formula is C5H9NO3S. The van der Waals surface area contributed by atoms with Crippen LogP contribution in [0.1, 0.15) is 6.42 Å². The van der Waals surface area contributed by atoms with Crippen molar-refractivity contribution in [2.45, 2.75) is 6.42 Å². The second-order valence-electron chi connectivity index (χ2n) is 1.64. The minimum Gasteiger partial charge on any atom is -0.480 e. The van der Waals surface area contributed by atoms with Crippen LogP contribution in [0.4, 0.5) is 0 Å². The summed E-state index contributed by atoms with van der Waals surface area (Å²) in [6, 6.07) is 0. The third kappa shape index (κ3) is 5.43. The van der Waals surface area contributed by atoms with E-state index in [1.54, 1.807) is 0 Å². The van der Waals surface area contributed by atoms with Gasteiger partial charge in [-0.2, -0.15) is 12.6 Å². The van der Waals surface area contributed by atoms with E-state index in [-0.39, 0.29) is 18.9 Å². The minimum atomic E-state index is -1.03. The van der Waals surface area contributed by atoms with E-state index >= 15 is 0 Å². The van der Waals surface area contributed by atoms with Crippen molar-refractivity contribution in [3.05, 3.63) is 0 Å². The number of nitrogens with one attached hydrogen (secondary N) is 1. The molecule has 0 aromatic rings. The zero-order chi connectivity index (χ0) is 7.98. The number of carbonyl (C=O) groups is 2. The van der Waals surface area contributed by atoms with Crippen molar-refractivity contribution in [1.29, 1.82) is 0 Å². The van der Waals surface area contributed by atoms with Crippen LogP contribution < -0.4 is 5.32 Å². The van der Waals surface area contributed by atoms with Crippen LogP contribution in [-0.4, -0.2) is 29.3 Å². The molecule has 0 aliphatic heterocycles. The van der Waals surface area contributed by atoms with Gasteiger partial charge in [-0.25, -0.2) is 0 Å². The van der Waals surface area contributed by atoms with E-state index in [1.165, 1.54) is 0 Å². The lowest BCUT2D eigenvalue weighted by Gasteiger charge is -1.97. The van der Waals surface area contributed by atoms with Gasteiger partial charge in [0.2, 0.25) is 5.91 Å². The number of hydrogen-bond donors (Lipinski definition) is 3. The van der Waals surface area contributed by atoms with Gasteiger partial charge in [0.1, 0.15) is 6.54 Å². The highest BCUT2D eigenvalue weighted by atomic mass is 32.1. The van der Waals surface area contributed by atoms with Gasteiger partial charge < -0.3 is 10.4 Å². The number of thiol groups is 1. The highest BCUT2D eigenvalue weighted by Crippen LogP contribution is 1.81. The molecule has 0 saturated carbocycles. The molecule has 2 N–H and O–H groups in total. The predicted octanol–water partition coefficient (Wildman–Crippen LogP) is -0.493. The van der Waals surface area contributed by atoms with Crippen molar-refractivity contribution in [2.75, 3.05) is 12.3 Å². The lowest BCUT2D eigenvalue weighted by molar-refractivity contribution is -0.137. The Balaban J connectivity index is 3.30. The number of carboxylic acid groups (broad SMARTS) is 1. The van der Waals surface area contributed by atoms with Gasteiger partial charge in [-0.3, -0.25) is 9.59 Å². The molecule has 58 valence electrons. The van der Waals surface area contributed by atoms with Crippen LogP contribution >= 0.6 is 12.6 Å². The molecule has 0 spiro atoms. The zero-order valence-electron chi connectivity index (χ0n) is 5.33. The maximum absolute atomic E-state index is 10.5. The van der Waals surface area contributed by atoms with Gasteiger partial charge >= 0.3 is 5.97 Å². The third-order valence-electron chi connectivity index (χ3n) is 0.776. The molecule has 10 heavy (non-hydrogen) atoms. The lowest BCUT2D eigenvalue weighted by Crippen LogP contribution is -2.29. The summed E-state index contributed by atoms with van der Waals surface area (Å²) >= 11 is 3.80. The number of rotatable bonds is 4. The first kappa shape index (κ1) is 9.29. The van der Waals surface area contributed by atoms with Crippen LogP contribution in [0.3, 0.4) is 0 Å². The van der Waals surface area contributed by atoms with E-state index in [1.807, 2.05) is 0 Å². The molecule has 0 atom stereocenters. The molecule has 0 heterocycles. The van der Waals surface area contributed by atoms with Gasteiger partial charge in [0.05, 0.1) is 0 Å². The standard InChI is InChI=1S/C5H9NO3S/c7-4(1-2-10)6-3-5(8)9/h10H,1-3H2,(H,6,7)(H,8,9). The van der Waals surface area contributed by atoms with E-state index < -0.39 is 5.97 Å². The molecular weight excluding hydrogens is 154 g/mol. The fourth-order valence-corrected chi connectivity index (χ4v) is 0.567.